The lowest BCUT2D eigenvalue weighted by molar-refractivity contribution is 0.0526. The van der Waals surface area contributed by atoms with Crippen LogP contribution in [0.25, 0.3) is 17.0 Å². The second kappa shape index (κ2) is 13.6. The molecule has 0 saturated heterocycles. The van der Waals surface area contributed by atoms with Crippen molar-refractivity contribution in [3.63, 3.8) is 0 Å². The van der Waals surface area contributed by atoms with Crippen LogP contribution in [0, 0.1) is 0 Å². The van der Waals surface area contributed by atoms with Crippen LogP contribution >= 0.6 is 0 Å². The maximum Gasteiger partial charge on any atom is 0.407 e. The lowest BCUT2D eigenvalue weighted by Crippen LogP contribution is -2.39. The molecular formula is C32H40N8O4. The maximum atomic E-state index is 12.2. The van der Waals surface area contributed by atoms with Gasteiger partial charge in [-0.3, -0.25) is 4.40 Å². The molecule has 1 fully saturated rings. The number of carbonyl (C=O) groups is 2. The summed E-state index contributed by atoms with van der Waals surface area (Å²) < 4.78 is 7.35. The summed E-state index contributed by atoms with van der Waals surface area (Å²) in [7, 11) is 0. The topological polar surface area (TPSA) is 155 Å². The molecule has 2 amide bonds. The van der Waals surface area contributed by atoms with Gasteiger partial charge in [0.15, 0.2) is 11.5 Å². The molecule has 0 aliphatic heterocycles. The van der Waals surface area contributed by atoms with E-state index in [-0.39, 0.29) is 18.1 Å². The number of nitrogens with one attached hydrogen (secondary N) is 4. The molecule has 44 heavy (non-hydrogen) atoms. The Morgan fingerprint density at radius 2 is 1.77 bits per heavy atom. The van der Waals surface area contributed by atoms with Crippen molar-refractivity contribution < 1.29 is 19.4 Å². The number of amides is 2. The van der Waals surface area contributed by atoms with E-state index < -0.39 is 17.8 Å². The molecule has 1 atom stereocenters. The minimum atomic E-state index is -0.976. The van der Waals surface area contributed by atoms with Gasteiger partial charge in [0, 0.05) is 31.0 Å². The summed E-state index contributed by atoms with van der Waals surface area (Å²) in [6, 6.07) is 16.0. The maximum absolute atomic E-state index is 12.2. The molecule has 0 radical (unpaired) electrons. The lowest BCUT2D eigenvalue weighted by atomic mass is 9.91. The Balaban J connectivity index is 1.29. The van der Waals surface area contributed by atoms with E-state index in [4.69, 9.17) is 14.8 Å². The highest BCUT2D eigenvalue weighted by Gasteiger charge is 2.24. The number of benzene rings is 1. The van der Waals surface area contributed by atoms with Gasteiger partial charge in [-0.15, -0.1) is 0 Å². The zero-order valence-electron chi connectivity index (χ0n) is 25.3. The van der Waals surface area contributed by atoms with E-state index in [9.17, 15) is 9.59 Å². The first kappa shape index (κ1) is 30.6. The summed E-state index contributed by atoms with van der Waals surface area (Å²) in [4.78, 5) is 37.3. The Labute approximate surface area is 256 Å². The van der Waals surface area contributed by atoms with Crippen LogP contribution in [0.5, 0.6) is 0 Å². The SMILES string of the molecule is CC(C)(C)OC(=O)NCCC(Nc1cccc(-c2cnc3c(NC4CCC(NC(=O)O)CC4)nccn23)n1)c1ccccc1. The van der Waals surface area contributed by atoms with Crippen LogP contribution < -0.4 is 21.3 Å². The number of ether oxygens (including phenoxy) is 1. The number of alkyl carbamates (subject to hydrolysis) is 1. The van der Waals surface area contributed by atoms with Crippen molar-refractivity contribution in [2.45, 2.75) is 76.6 Å². The number of nitrogens with zero attached hydrogens (tertiary/aromatic N) is 4. The molecule has 1 aliphatic carbocycles. The normalized spacial score (nSPS) is 17.4. The van der Waals surface area contributed by atoms with Gasteiger partial charge in [0.05, 0.1) is 23.6 Å². The fourth-order valence-electron chi connectivity index (χ4n) is 5.44. The van der Waals surface area contributed by atoms with Gasteiger partial charge in [0.25, 0.3) is 0 Å². The Morgan fingerprint density at radius 3 is 2.50 bits per heavy atom. The average molecular weight is 601 g/mol. The molecule has 232 valence electrons. The third-order valence-corrected chi connectivity index (χ3v) is 7.46. The highest BCUT2D eigenvalue weighted by molar-refractivity contribution is 5.70. The molecule has 1 unspecified atom stereocenters. The van der Waals surface area contributed by atoms with E-state index in [1.54, 1.807) is 12.4 Å². The van der Waals surface area contributed by atoms with Crippen molar-refractivity contribution in [3.05, 3.63) is 72.7 Å². The number of carboxylic acid groups (broad SMARTS) is 1. The fraction of sp³-hybridized carbons (Fsp3) is 0.406. The molecule has 12 heteroatoms. The molecule has 5 N–H and O–H groups in total. The Hall–Kier alpha value is -4.87. The van der Waals surface area contributed by atoms with E-state index in [0.717, 1.165) is 42.6 Å². The van der Waals surface area contributed by atoms with Gasteiger partial charge in [0.1, 0.15) is 11.4 Å². The van der Waals surface area contributed by atoms with Gasteiger partial charge < -0.3 is 31.1 Å². The number of hydrogen-bond donors (Lipinski definition) is 5. The number of fused-ring (bicyclic) bond motifs is 1. The van der Waals surface area contributed by atoms with Crippen molar-refractivity contribution in [3.8, 4) is 11.4 Å². The lowest BCUT2D eigenvalue weighted by Gasteiger charge is -2.29. The first-order valence-electron chi connectivity index (χ1n) is 15.0. The van der Waals surface area contributed by atoms with Crippen LogP contribution in [0.2, 0.25) is 0 Å². The van der Waals surface area contributed by atoms with E-state index in [1.165, 1.54) is 0 Å². The predicted octanol–water partition coefficient (Wildman–Crippen LogP) is 5.85. The zero-order valence-corrected chi connectivity index (χ0v) is 25.3. The molecule has 0 spiro atoms. The number of hydrogen-bond acceptors (Lipinski definition) is 8. The molecule has 1 aliphatic rings. The van der Waals surface area contributed by atoms with Gasteiger partial charge in [-0.1, -0.05) is 36.4 Å². The Kier molecular flexibility index (Phi) is 9.47. The van der Waals surface area contributed by atoms with Crippen LogP contribution in [0.15, 0.2) is 67.1 Å². The van der Waals surface area contributed by atoms with Crippen LogP contribution in [0.1, 0.15) is 64.5 Å². The molecule has 0 bridgehead atoms. The van der Waals surface area contributed by atoms with Gasteiger partial charge in [-0.25, -0.2) is 24.5 Å². The van der Waals surface area contributed by atoms with E-state index >= 15 is 0 Å². The van der Waals surface area contributed by atoms with Crippen LogP contribution in [0.4, 0.5) is 21.2 Å². The highest BCUT2D eigenvalue weighted by atomic mass is 16.6. The highest BCUT2D eigenvalue weighted by Crippen LogP contribution is 2.28. The third kappa shape index (κ3) is 8.15. The van der Waals surface area contributed by atoms with E-state index in [1.807, 2.05) is 67.8 Å². The van der Waals surface area contributed by atoms with Gasteiger partial charge >= 0.3 is 12.2 Å². The van der Waals surface area contributed by atoms with E-state index in [0.29, 0.717) is 30.2 Å². The number of rotatable bonds is 10. The summed E-state index contributed by atoms with van der Waals surface area (Å²) in [6.07, 6.45) is 7.84. The molecule has 1 aromatic carbocycles. The zero-order chi connectivity index (χ0) is 31.1. The van der Waals surface area contributed by atoms with Crippen molar-refractivity contribution >= 4 is 29.5 Å². The number of aromatic nitrogens is 4. The minimum Gasteiger partial charge on any atom is -0.465 e. The first-order chi connectivity index (χ1) is 21.1. The van der Waals surface area contributed by atoms with Crippen LogP contribution in [0.3, 0.4) is 0 Å². The second-order valence-electron chi connectivity index (χ2n) is 12.0. The molecule has 12 nitrogen and oxygen atoms in total. The summed E-state index contributed by atoms with van der Waals surface area (Å²) in [5.41, 5.74) is 2.79. The molecule has 3 heterocycles. The summed E-state index contributed by atoms with van der Waals surface area (Å²) in [5.74, 6) is 1.38. The minimum absolute atomic E-state index is 0.0120. The number of pyridine rings is 1. The van der Waals surface area contributed by atoms with Gasteiger partial charge in [-0.05, 0) is 70.6 Å². The fourth-order valence-corrected chi connectivity index (χ4v) is 5.44. The summed E-state index contributed by atoms with van der Waals surface area (Å²) >= 11 is 0. The molecule has 1 saturated carbocycles. The quantitative estimate of drug-likeness (QED) is 0.151. The van der Waals surface area contributed by atoms with Crippen molar-refractivity contribution in [2.75, 3.05) is 17.2 Å². The smallest absolute Gasteiger partial charge is 0.407 e. The Bertz CT molecular complexity index is 1560. The second-order valence-corrected chi connectivity index (χ2v) is 12.0. The predicted molar refractivity (Wildman–Crippen MR) is 169 cm³/mol. The van der Waals surface area contributed by atoms with Crippen LogP contribution in [-0.4, -0.2) is 60.9 Å². The molecule has 5 rings (SSSR count). The monoisotopic (exact) mass is 600 g/mol. The van der Waals surface area contributed by atoms with Crippen LogP contribution in [-0.2, 0) is 4.74 Å². The van der Waals surface area contributed by atoms with Crippen molar-refractivity contribution in [1.82, 2.24) is 30.0 Å². The third-order valence-electron chi connectivity index (χ3n) is 7.46. The summed E-state index contributed by atoms with van der Waals surface area (Å²) in [6.45, 7) is 5.94. The standard InChI is InChI=1S/C32H40N8O4/c1-32(2,3)44-31(43)34-17-16-24(21-8-5-4-6-9-21)38-27-11-7-10-25(39-27)26-20-35-29-28(33-18-19-40(26)29)36-22-12-14-23(15-13-22)37-30(41)42/h4-11,18-20,22-24,37H,12-17H2,1-3H3,(H,33,36)(H,34,43)(H,38,39)(H,41,42). The first-order valence-corrected chi connectivity index (χ1v) is 15.0. The van der Waals surface area contributed by atoms with Crippen molar-refractivity contribution in [1.29, 1.82) is 0 Å². The van der Waals surface area contributed by atoms with Gasteiger partial charge in [-0.2, -0.15) is 0 Å². The average Bonchev–Trinajstić information content (AvgIpc) is 3.42. The molecular weight excluding hydrogens is 560 g/mol. The molecule has 3 aromatic heterocycles. The molecule has 4 aromatic rings. The van der Waals surface area contributed by atoms with Crippen molar-refractivity contribution in [2.24, 2.45) is 0 Å². The summed E-state index contributed by atoms with van der Waals surface area (Å²) in [5, 5.41) is 21.5. The van der Waals surface area contributed by atoms with E-state index in [2.05, 4.69) is 43.4 Å². The number of imidazole rings is 1. The largest absolute Gasteiger partial charge is 0.465 e. The van der Waals surface area contributed by atoms with Gasteiger partial charge in [0.2, 0.25) is 0 Å². The number of carbonyl (C=O) groups excluding carboxylic acids is 1. The number of anilines is 2. The Morgan fingerprint density at radius 1 is 1.02 bits per heavy atom.